The molecule has 0 saturated heterocycles. The van der Waals surface area contributed by atoms with E-state index in [1.807, 2.05) is 63.2 Å². The number of esters is 1. The van der Waals surface area contributed by atoms with E-state index in [1.165, 1.54) is 4.90 Å². The summed E-state index contributed by atoms with van der Waals surface area (Å²) in [6, 6.07) is 13.0. The van der Waals surface area contributed by atoms with E-state index in [1.54, 1.807) is 53.7 Å². The van der Waals surface area contributed by atoms with Gasteiger partial charge in [-0.2, -0.15) is 0 Å². The number of benzene rings is 2. The van der Waals surface area contributed by atoms with Gasteiger partial charge in [-0.3, -0.25) is 9.59 Å². The number of aliphatic hydroxyl groups excluding tert-OH is 1. The first kappa shape index (κ1) is 37.3. The third kappa shape index (κ3) is 12.5. The molecule has 3 atom stereocenters. The first-order valence-corrected chi connectivity index (χ1v) is 15.5. The van der Waals surface area contributed by atoms with Gasteiger partial charge in [-0.1, -0.05) is 68.4 Å². The van der Waals surface area contributed by atoms with Crippen molar-refractivity contribution in [1.82, 2.24) is 15.5 Å². The molecule has 0 saturated carbocycles. The quantitative estimate of drug-likeness (QED) is 0.271. The normalized spacial score (nSPS) is 13.8. The summed E-state index contributed by atoms with van der Waals surface area (Å²) in [4.78, 5) is 56.1. The van der Waals surface area contributed by atoms with Gasteiger partial charge in [0.15, 0.2) is 0 Å². The van der Waals surface area contributed by atoms with Gasteiger partial charge in [-0.05, 0) is 77.5 Å². The van der Waals surface area contributed by atoms with Gasteiger partial charge in [-0.25, -0.2) is 9.59 Å². The molecule has 2 aromatic carbocycles. The summed E-state index contributed by atoms with van der Waals surface area (Å²) < 4.78 is 11.1. The zero-order chi connectivity index (χ0) is 33.9. The maximum absolute atomic E-state index is 14.3. The van der Waals surface area contributed by atoms with E-state index < -0.39 is 59.8 Å². The van der Waals surface area contributed by atoms with E-state index in [0.29, 0.717) is 5.56 Å². The van der Waals surface area contributed by atoms with Crippen molar-refractivity contribution in [3.05, 3.63) is 71.3 Å². The highest BCUT2D eigenvalue weighted by atomic mass is 16.6. The first-order chi connectivity index (χ1) is 20.9. The molecule has 0 aliphatic carbocycles. The predicted octanol–water partition coefficient (Wildman–Crippen LogP) is 4.87. The number of carbonyl (C=O) groups excluding carboxylic acids is 4. The van der Waals surface area contributed by atoms with Crippen molar-refractivity contribution >= 4 is 23.9 Å². The summed E-state index contributed by atoms with van der Waals surface area (Å²) in [6.07, 6.45) is -0.349. The zero-order valence-corrected chi connectivity index (χ0v) is 28.2. The van der Waals surface area contributed by atoms with Crippen molar-refractivity contribution in [2.24, 2.45) is 5.92 Å². The number of hydrogen-bond donors (Lipinski definition) is 3. The molecule has 3 unspecified atom stereocenters. The number of carbonyl (C=O) groups is 4. The van der Waals surface area contributed by atoms with Gasteiger partial charge in [0.1, 0.15) is 29.3 Å². The first-order valence-electron chi connectivity index (χ1n) is 15.5. The Morgan fingerprint density at radius 3 is 1.93 bits per heavy atom. The molecular weight excluding hydrogens is 574 g/mol. The largest absolute Gasteiger partial charge is 0.458 e. The zero-order valence-electron chi connectivity index (χ0n) is 28.2. The molecule has 2 rings (SSSR count). The molecule has 0 aliphatic heterocycles. The number of amides is 3. The molecule has 10 heteroatoms. The lowest BCUT2D eigenvalue weighted by atomic mass is 9.96. The van der Waals surface area contributed by atoms with Crippen LogP contribution in [0.1, 0.15) is 84.5 Å². The van der Waals surface area contributed by atoms with Gasteiger partial charge in [-0.15, -0.1) is 0 Å². The van der Waals surface area contributed by atoms with Crippen LogP contribution in [0.5, 0.6) is 0 Å². The van der Waals surface area contributed by atoms with Crippen LogP contribution in [0.3, 0.4) is 0 Å². The Balaban J connectivity index is 2.58. The molecule has 0 spiro atoms. The van der Waals surface area contributed by atoms with Crippen molar-refractivity contribution in [2.75, 3.05) is 13.2 Å². The third-order valence-electron chi connectivity index (χ3n) is 6.65. The minimum Gasteiger partial charge on any atom is -0.458 e. The van der Waals surface area contributed by atoms with E-state index in [2.05, 4.69) is 10.6 Å². The van der Waals surface area contributed by atoms with Crippen LogP contribution in [-0.4, -0.2) is 70.3 Å². The fraction of sp³-hybridized carbons (Fsp3) is 0.543. The Morgan fingerprint density at radius 1 is 0.822 bits per heavy atom. The van der Waals surface area contributed by atoms with Crippen LogP contribution in [0.25, 0.3) is 0 Å². The van der Waals surface area contributed by atoms with E-state index in [4.69, 9.17) is 9.47 Å². The van der Waals surface area contributed by atoms with Gasteiger partial charge >= 0.3 is 12.1 Å². The molecule has 0 fully saturated rings. The number of nitrogens with zero attached hydrogens (tertiary/aromatic N) is 1. The topological polar surface area (TPSA) is 134 Å². The summed E-state index contributed by atoms with van der Waals surface area (Å²) in [6.45, 7) is 15.4. The summed E-state index contributed by atoms with van der Waals surface area (Å²) in [7, 11) is 0. The third-order valence-corrected chi connectivity index (χ3v) is 6.65. The SMILES string of the molecule is Cc1ccccc1C(C(=O)NC(Cc1ccccc1)C(=O)OC(C)(C)C)N(CCO)C(=O)C(CC(C)C)NC(=O)OC(C)(C)C. The summed E-state index contributed by atoms with van der Waals surface area (Å²) in [5, 5.41) is 15.7. The lowest BCUT2D eigenvalue weighted by Crippen LogP contribution is -2.55. The molecule has 0 aromatic heterocycles. The molecule has 0 radical (unpaired) electrons. The van der Waals surface area contributed by atoms with Crippen LogP contribution < -0.4 is 10.6 Å². The minimum atomic E-state index is -1.23. The highest BCUT2D eigenvalue weighted by Crippen LogP contribution is 2.27. The van der Waals surface area contributed by atoms with Crippen LogP contribution in [0.15, 0.2) is 54.6 Å². The Kier molecular flexibility index (Phi) is 13.6. The molecule has 45 heavy (non-hydrogen) atoms. The van der Waals surface area contributed by atoms with Gasteiger partial charge in [0, 0.05) is 13.0 Å². The number of hydrogen-bond acceptors (Lipinski definition) is 7. The van der Waals surface area contributed by atoms with E-state index in [0.717, 1.165) is 11.1 Å². The average Bonchev–Trinajstić information content (AvgIpc) is 2.91. The second-order valence-corrected chi connectivity index (χ2v) is 13.6. The van der Waals surface area contributed by atoms with Crippen molar-refractivity contribution < 1.29 is 33.8 Å². The fourth-order valence-electron chi connectivity index (χ4n) is 4.83. The molecule has 2 aromatic rings. The summed E-state index contributed by atoms with van der Waals surface area (Å²) in [5.41, 5.74) is 0.454. The van der Waals surface area contributed by atoms with Gasteiger partial charge in [0.2, 0.25) is 11.8 Å². The summed E-state index contributed by atoms with van der Waals surface area (Å²) >= 11 is 0. The highest BCUT2D eigenvalue weighted by molar-refractivity contribution is 5.94. The molecule has 3 amide bonds. The van der Waals surface area contributed by atoms with Crippen molar-refractivity contribution in [3.63, 3.8) is 0 Å². The number of rotatable bonds is 13. The van der Waals surface area contributed by atoms with Crippen molar-refractivity contribution in [1.29, 1.82) is 0 Å². The maximum atomic E-state index is 14.3. The number of ether oxygens (including phenoxy) is 2. The molecule has 0 aliphatic rings. The highest BCUT2D eigenvalue weighted by Gasteiger charge is 2.39. The number of nitrogens with one attached hydrogen (secondary N) is 2. The van der Waals surface area contributed by atoms with Gasteiger partial charge in [0.25, 0.3) is 0 Å². The maximum Gasteiger partial charge on any atom is 0.408 e. The van der Waals surface area contributed by atoms with E-state index in [-0.39, 0.29) is 25.3 Å². The van der Waals surface area contributed by atoms with Gasteiger partial charge in [0.05, 0.1) is 6.61 Å². The summed E-state index contributed by atoms with van der Waals surface area (Å²) in [5.74, 6) is -1.81. The molecule has 248 valence electrons. The standard InChI is InChI=1S/C35H51N3O7/c1-23(2)21-27(37-33(43)45-35(7,8)9)31(41)38(19-20-39)29(26-18-14-13-15-24(26)3)30(40)36-28(32(42)44-34(4,5)6)22-25-16-11-10-12-17-25/h10-18,23,27-29,39H,19-22H2,1-9H3,(H,36,40)(H,37,43). The van der Waals surface area contributed by atoms with Crippen LogP contribution in [0.4, 0.5) is 4.79 Å². The Bertz CT molecular complexity index is 1280. The second kappa shape index (κ2) is 16.4. The number of aliphatic hydroxyl groups is 1. The average molecular weight is 626 g/mol. The monoisotopic (exact) mass is 625 g/mol. The molecule has 10 nitrogen and oxygen atoms in total. The van der Waals surface area contributed by atoms with E-state index >= 15 is 0 Å². The second-order valence-electron chi connectivity index (χ2n) is 13.6. The Morgan fingerprint density at radius 2 is 1.40 bits per heavy atom. The van der Waals surface area contributed by atoms with Gasteiger partial charge < -0.3 is 30.1 Å². The lowest BCUT2D eigenvalue weighted by molar-refractivity contribution is -0.159. The van der Waals surface area contributed by atoms with Crippen LogP contribution in [0, 0.1) is 12.8 Å². The number of alkyl carbamates (subject to hydrolysis) is 1. The Labute approximate surface area is 267 Å². The minimum absolute atomic E-state index is 0.00183. The van der Waals surface area contributed by atoms with Crippen molar-refractivity contribution in [2.45, 2.75) is 104 Å². The molecule has 3 N–H and O–H groups in total. The number of aryl methyl sites for hydroxylation is 1. The molecule has 0 heterocycles. The lowest BCUT2D eigenvalue weighted by Gasteiger charge is -2.36. The molecule has 0 bridgehead atoms. The fourth-order valence-corrected chi connectivity index (χ4v) is 4.83. The van der Waals surface area contributed by atoms with Crippen LogP contribution in [-0.2, 0) is 30.3 Å². The van der Waals surface area contributed by atoms with Crippen LogP contribution >= 0.6 is 0 Å². The molecular formula is C35H51N3O7. The van der Waals surface area contributed by atoms with E-state index in [9.17, 15) is 24.3 Å². The Hall–Kier alpha value is -3.92. The van der Waals surface area contributed by atoms with Crippen LogP contribution in [0.2, 0.25) is 0 Å². The smallest absolute Gasteiger partial charge is 0.408 e. The van der Waals surface area contributed by atoms with Crippen molar-refractivity contribution in [3.8, 4) is 0 Å². The predicted molar refractivity (Wildman–Crippen MR) is 173 cm³/mol.